The second-order valence-corrected chi connectivity index (χ2v) is 6.31. The first-order valence-corrected chi connectivity index (χ1v) is 8.48. The molecule has 3 rings (SSSR count). The minimum absolute atomic E-state index is 0.243. The standard InChI is InChI=1S/C22H19FN2O2/c1-14-3-12-20(15(2)13-14)25-22(27)17-6-4-16(5-7-17)21(26)24-19-10-8-18(23)9-11-19/h3-13H,1-2H3,(H,24,26)(H,25,27). The number of hydrogen-bond acceptors (Lipinski definition) is 2. The van der Waals surface area contributed by atoms with Crippen LogP contribution in [-0.2, 0) is 0 Å². The van der Waals surface area contributed by atoms with Crippen molar-refractivity contribution in [3.63, 3.8) is 0 Å². The van der Waals surface area contributed by atoms with Crippen molar-refractivity contribution in [3.05, 3.63) is 94.8 Å². The fourth-order valence-corrected chi connectivity index (χ4v) is 2.66. The molecule has 0 aliphatic carbocycles. The van der Waals surface area contributed by atoms with Crippen molar-refractivity contribution in [2.45, 2.75) is 13.8 Å². The number of benzene rings is 3. The summed E-state index contributed by atoms with van der Waals surface area (Å²) < 4.78 is 12.9. The number of amides is 2. The van der Waals surface area contributed by atoms with Gasteiger partial charge in [0.2, 0.25) is 0 Å². The van der Waals surface area contributed by atoms with Gasteiger partial charge in [0.15, 0.2) is 0 Å². The molecule has 27 heavy (non-hydrogen) atoms. The summed E-state index contributed by atoms with van der Waals surface area (Å²) in [4.78, 5) is 24.7. The van der Waals surface area contributed by atoms with Gasteiger partial charge in [-0.1, -0.05) is 17.7 Å². The summed E-state index contributed by atoms with van der Waals surface area (Å²) in [7, 11) is 0. The summed E-state index contributed by atoms with van der Waals surface area (Å²) in [5.74, 6) is -0.942. The Labute approximate surface area is 157 Å². The lowest BCUT2D eigenvalue weighted by atomic mass is 10.1. The zero-order valence-electron chi connectivity index (χ0n) is 15.0. The molecule has 0 fully saturated rings. The highest BCUT2D eigenvalue weighted by Gasteiger charge is 2.11. The van der Waals surface area contributed by atoms with Crippen LogP contribution in [0.4, 0.5) is 15.8 Å². The van der Waals surface area contributed by atoms with E-state index in [9.17, 15) is 14.0 Å². The maximum Gasteiger partial charge on any atom is 0.255 e. The molecule has 0 spiro atoms. The molecule has 2 N–H and O–H groups in total. The van der Waals surface area contributed by atoms with Crippen LogP contribution in [0.15, 0.2) is 66.7 Å². The van der Waals surface area contributed by atoms with Gasteiger partial charge < -0.3 is 10.6 Å². The molecule has 0 aromatic heterocycles. The average Bonchev–Trinajstić information content (AvgIpc) is 2.66. The van der Waals surface area contributed by atoms with Crippen LogP contribution in [0.2, 0.25) is 0 Å². The summed E-state index contributed by atoms with van der Waals surface area (Å²) in [6, 6.07) is 17.7. The zero-order valence-corrected chi connectivity index (χ0v) is 15.0. The fourth-order valence-electron chi connectivity index (χ4n) is 2.66. The minimum atomic E-state index is -0.368. The minimum Gasteiger partial charge on any atom is -0.322 e. The van der Waals surface area contributed by atoms with Gasteiger partial charge in [0, 0.05) is 22.5 Å². The number of nitrogens with one attached hydrogen (secondary N) is 2. The van der Waals surface area contributed by atoms with E-state index in [-0.39, 0.29) is 17.6 Å². The highest BCUT2D eigenvalue weighted by atomic mass is 19.1. The number of hydrogen-bond donors (Lipinski definition) is 2. The van der Waals surface area contributed by atoms with Gasteiger partial charge in [-0.3, -0.25) is 9.59 Å². The molecule has 3 aromatic carbocycles. The van der Waals surface area contributed by atoms with Crippen molar-refractivity contribution in [1.29, 1.82) is 0 Å². The zero-order chi connectivity index (χ0) is 19.4. The molecule has 0 heterocycles. The molecule has 0 unspecified atom stereocenters. The Balaban J connectivity index is 1.67. The number of carbonyl (C=O) groups excluding carboxylic acids is 2. The molecule has 136 valence electrons. The van der Waals surface area contributed by atoms with E-state index in [2.05, 4.69) is 10.6 Å². The normalized spacial score (nSPS) is 10.3. The first kappa shape index (κ1) is 18.3. The molecular formula is C22H19FN2O2. The van der Waals surface area contributed by atoms with Crippen molar-refractivity contribution in [2.24, 2.45) is 0 Å². The maximum atomic E-state index is 12.9. The number of carbonyl (C=O) groups is 2. The SMILES string of the molecule is Cc1ccc(NC(=O)c2ccc(C(=O)Nc3ccc(F)cc3)cc2)c(C)c1. The predicted octanol–water partition coefficient (Wildman–Crippen LogP) is 4.95. The number of halogens is 1. The van der Waals surface area contributed by atoms with E-state index in [1.165, 1.54) is 24.3 Å². The summed E-state index contributed by atoms with van der Waals surface area (Å²) >= 11 is 0. The Bertz CT molecular complexity index is 980. The Morgan fingerprint density at radius 2 is 1.30 bits per heavy atom. The van der Waals surface area contributed by atoms with Crippen molar-refractivity contribution in [1.82, 2.24) is 0 Å². The van der Waals surface area contributed by atoms with Gasteiger partial charge in [0.1, 0.15) is 5.82 Å². The van der Waals surface area contributed by atoms with E-state index < -0.39 is 0 Å². The number of aryl methyl sites for hydroxylation is 2. The van der Waals surface area contributed by atoms with Crippen LogP contribution in [0.5, 0.6) is 0 Å². The van der Waals surface area contributed by atoms with Crippen molar-refractivity contribution in [3.8, 4) is 0 Å². The van der Waals surface area contributed by atoms with E-state index in [1.54, 1.807) is 24.3 Å². The highest BCUT2D eigenvalue weighted by molar-refractivity contribution is 6.07. The molecule has 5 heteroatoms. The molecule has 2 amide bonds. The first-order valence-electron chi connectivity index (χ1n) is 8.48. The van der Waals surface area contributed by atoms with Crippen molar-refractivity contribution >= 4 is 23.2 Å². The first-order chi connectivity index (χ1) is 12.9. The van der Waals surface area contributed by atoms with Crippen LogP contribution in [0.25, 0.3) is 0 Å². The third-order valence-corrected chi connectivity index (χ3v) is 4.14. The van der Waals surface area contributed by atoms with Gasteiger partial charge in [-0.25, -0.2) is 4.39 Å². The lowest BCUT2D eigenvalue weighted by Crippen LogP contribution is -2.14. The Morgan fingerprint density at radius 3 is 1.85 bits per heavy atom. The predicted molar refractivity (Wildman–Crippen MR) is 105 cm³/mol. The molecule has 4 nitrogen and oxygen atoms in total. The Morgan fingerprint density at radius 1 is 0.741 bits per heavy atom. The lowest BCUT2D eigenvalue weighted by molar-refractivity contribution is 0.101. The molecule has 0 bridgehead atoms. The molecule has 0 atom stereocenters. The van der Waals surface area contributed by atoms with E-state index in [1.807, 2.05) is 32.0 Å². The van der Waals surface area contributed by atoms with E-state index in [4.69, 9.17) is 0 Å². The largest absolute Gasteiger partial charge is 0.322 e. The molecule has 3 aromatic rings. The summed E-state index contributed by atoms with van der Waals surface area (Å²) in [6.07, 6.45) is 0. The second-order valence-electron chi connectivity index (χ2n) is 6.31. The van der Waals surface area contributed by atoms with Crippen LogP contribution < -0.4 is 10.6 Å². The van der Waals surface area contributed by atoms with Crippen LogP contribution in [0, 0.1) is 19.7 Å². The molecule has 0 radical (unpaired) electrons. The van der Waals surface area contributed by atoms with E-state index in [0.29, 0.717) is 16.8 Å². The third-order valence-electron chi connectivity index (χ3n) is 4.14. The molecule has 0 aliphatic heterocycles. The van der Waals surface area contributed by atoms with Crippen LogP contribution in [0.3, 0.4) is 0 Å². The Hall–Kier alpha value is -3.47. The Kier molecular flexibility index (Phi) is 5.31. The van der Waals surface area contributed by atoms with Gasteiger partial charge >= 0.3 is 0 Å². The number of anilines is 2. The van der Waals surface area contributed by atoms with E-state index in [0.717, 1.165) is 16.8 Å². The van der Waals surface area contributed by atoms with Gasteiger partial charge in [-0.2, -0.15) is 0 Å². The summed E-state index contributed by atoms with van der Waals surface area (Å²) in [6.45, 7) is 3.93. The van der Waals surface area contributed by atoms with Crippen LogP contribution in [-0.4, -0.2) is 11.8 Å². The average molecular weight is 362 g/mol. The lowest BCUT2D eigenvalue weighted by Gasteiger charge is -2.10. The van der Waals surface area contributed by atoms with Gasteiger partial charge in [-0.15, -0.1) is 0 Å². The quantitative estimate of drug-likeness (QED) is 0.690. The molecular weight excluding hydrogens is 343 g/mol. The van der Waals surface area contributed by atoms with Crippen LogP contribution >= 0.6 is 0 Å². The topological polar surface area (TPSA) is 58.2 Å². The number of rotatable bonds is 4. The van der Waals surface area contributed by atoms with Crippen molar-refractivity contribution in [2.75, 3.05) is 10.6 Å². The molecule has 0 saturated heterocycles. The molecule has 0 aliphatic rings. The summed E-state index contributed by atoms with van der Waals surface area (Å²) in [5, 5.41) is 5.55. The summed E-state index contributed by atoms with van der Waals surface area (Å²) in [5.41, 5.74) is 4.22. The van der Waals surface area contributed by atoms with Gasteiger partial charge in [-0.05, 0) is 74.0 Å². The fraction of sp³-hybridized carbons (Fsp3) is 0.0909. The van der Waals surface area contributed by atoms with Crippen LogP contribution in [0.1, 0.15) is 31.8 Å². The third kappa shape index (κ3) is 4.58. The smallest absolute Gasteiger partial charge is 0.255 e. The highest BCUT2D eigenvalue weighted by Crippen LogP contribution is 2.17. The van der Waals surface area contributed by atoms with Gasteiger partial charge in [0.25, 0.3) is 11.8 Å². The second kappa shape index (κ2) is 7.83. The van der Waals surface area contributed by atoms with E-state index >= 15 is 0 Å². The van der Waals surface area contributed by atoms with Gasteiger partial charge in [0.05, 0.1) is 0 Å². The monoisotopic (exact) mass is 362 g/mol. The maximum absolute atomic E-state index is 12.9. The van der Waals surface area contributed by atoms with Crippen molar-refractivity contribution < 1.29 is 14.0 Å². The molecule has 0 saturated carbocycles.